The SMILES string of the molecule is CCCC1CC1NC(=NC)NCc1ccc(OC)cc1OC. The average Bonchev–Trinajstić information content (AvgIpc) is 3.29. The summed E-state index contributed by atoms with van der Waals surface area (Å²) in [5.41, 5.74) is 1.08. The predicted molar refractivity (Wildman–Crippen MR) is 89.7 cm³/mol. The first-order valence-corrected chi connectivity index (χ1v) is 7.89. The molecule has 5 heteroatoms. The van der Waals surface area contributed by atoms with Gasteiger partial charge in [-0.1, -0.05) is 13.3 Å². The van der Waals surface area contributed by atoms with Crippen LogP contribution in [-0.2, 0) is 6.54 Å². The molecule has 1 aromatic carbocycles. The summed E-state index contributed by atoms with van der Waals surface area (Å²) in [6.07, 6.45) is 3.79. The summed E-state index contributed by atoms with van der Waals surface area (Å²) in [5.74, 6) is 3.27. The Bertz CT molecular complexity index is 517. The lowest BCUT2D eigenvalue weighted by molar-refractivity contribution is 0.390. The molecular formula is C17H27N3O2. The van der Waals surface area contributed by atoms with Crippen LogP contribution in [0.5, 0.6) is 11.5 Å². The van der Waals surface area contributed by atoms with Crippen LogP contribution in [0.1, 0.15) is 31.7 Å². The number of ether oxygens (including phenoxy) is 2. The second kappa shape index (κ2) is 7.92. The van der Waals surface area contributed by atoms with Crippen LogP contribution in [0.3, 0.4) is 0 Å². The quantitative estimate of drug-likeness (QED) is 0.600. The first-order valence-electron chi connectivity index (χ1n) is 7.89. The van der Waals surface area contributed by atoms with Gasteiger partial charge in [0.05, 0.1) is 14.2 Å². The maximum absolute atomic E-state index is 5.42. The lowest BCUT2D eigenvalue weighted by atomic mass is 10.2. The van der Waals surface area contributed by atoms with E-state index in [-0.39, 0.29) is 0 Å². The van der Waals surface area contributed by atoms with Gasteiger partial charge in [0, 0.05) is 31.3 Å². The normalized spacial score (nSPS) is 20.5. The lowest BCUT2D eigenvalue weighted by Gasteiger charge is -2.14. The second-order valence-electron chi connectivity index (χ2n) is 5.64. The number of aliphatic imine (C=N–C) groups is 1. The third-order valence-electron chi connectivity index (χ3n) is 4.07. The van der Waals surface area contributed by atoms with Gasteiger partial charge >= 0.3 is 0 Å². The molecule has 0 aromatic heterocycles. The van der Waals surface area contributed by atoms with Crippen LogP contribution in [0.15, 0.2) is 23.2 Å². The molecule has 1 aliphatic rings. The van der Waals surface area contributed by atoms with E-state index in [1.54, 1.807) is 21.3 Å². The molecule has 22 heavy (non-hydrogen) atoms. The number of guanidine groups is 1. The third-order valence-corrected chi connectivity index (χ3v) is 4.07. The molecule has 1 aromatic rings. The van der Waals surface area contributed by atoms with Gasteiger partial charge in [-0.3, -0.25) is 4.99 Å². The van der Waals surface area contributed by atoms with Crippen LogP contribution in [0, 0.1) is 5.92 Å². The number of benzene rings is 1. The zero-order chi connectivity index (χ0) is 15.9. The molecule has 1 saturated carbocycles. The van der Waals surface area contributed by atoms with Gasteiger partial charge in [-0.15, -0.1) is 0 Å². The minimum atomic E-state index is 0.573. The van der Waals surface area contributed by atoms with Gasteiger partial charge in [-0.2, -0.15) is 0 Å². The summed E-state index contributed by atoms with van der Waals surface area (Å²) >= 11 is 0. The molecule has 0 aliphatic heterocycles. The van der Waals surface area contributed by atoms with Crippen molar-refractivity contribution in [1.82, 2.24) is 10.6 Å². The fourth-order valence-electron chi connectivity index (χ4n) is 2.66. The number of nitrogens with one attached hydrogen (secondary N) is 2. The molecule has 2 unspecified atom stereocenters. The van der Waals surface area contributed by atoms with Gasteiger partial charge in [-0.25, -0.2) is 0 Å². The lowest BCUT2D eigenvalue weighted by Crippen LogP contribution is -2.38. The van der Waals surface area contributed by atoms with Crippen molar-refractivity contribution in [1.29, 1.82) is 0 Å². The van der Waals surface area contributed by atoms with E-state index in [1.165, 1.54) is 19.3 Å². The van der Waals surface area contributed by atoms with E-state index in [1.807, 2.05) is 18.2 Å². The fourth-order valence-corrected chi connectivity index (χ4v) is 2.66. The van der Waals surface area contributed by atoms with Gasteiger partial charge in [0.1, 0.15) is 11.5 Å². The van der Waals surface area contributed by atoms with E-state index in [9.17, 15) is 0 Å². The highest BCUT2D eigenvalue weighted by Gasteiger charge is 2.36. The molecule has 0 saturated heterocycles. The van der Waals surface area contributed by atoms with Crippen molar-refractivity contribution in [2.24, 2.45) is 10.9 Å². The van der Waals surface area contributed by atoms with Crippen molar-refractivity contribution in [2.45, 2.75) is 38.8 Å². The summed E-state index contributed by atoms with van der Waals surface area (Å²) < 4.78 is 10.6. The van der Waals surface area contributed by atoms with Gasteiger partial charge in [0.15, 0.2) is 5.96 Å². The standard InChI is InChI=1S/C17H27N3O2/c1-5-6-12-9-15(12)20-17(18-2)19-11-13-7-8-14(21-3)10-16(13)22-4/h7-8,10,12,15H,5-6,9,11H2,1-4H3,(H2,18,19,20). The Balaban J connectivity index is 1.88. The van der Waals surface area contributed by atoms with E-state index in [2.05, 4.69) is 22.5 Å². The van der Waals surface area contributed by atoms with Gasteiger partial charge in [0.25, 0.3) is 0 Å². The minimum Gasteiger partial charge on any atom is -0.497 e. The number of hydrogen-bond acceptors (Lipinski definition) is 3. The van der Waals surface area contributed by atoms with Gasteiger partial charge in [0.2, 0.25) is 0 Å². The summed E-state index contributed by atoms with van der Waals surface area (Å²) in [6, 6.07) is 6.41. The first kappa shape index (κ1) is 16.5. The summed E-state index contributed by atoms with van der Waals surface area (Å²) in [6.45, 7) is 2.90. The van der Waals surface area contributed by atoms with Crippen LogP contribution < -0.4 is 20.1 Å². The molecule has 0 radical (unpaired) electrons. The van der Waals surface area contributed by atoms with Crippen LogP contribution in [0.25, 0.3) is 0 Å². The monoisotopic (exact) mass is 305 g/mol. The molecule has 0 spiro atoms. The van der Waals surface area contributed by atoms with E-state index >= 15 is 0 Å². The number of rotatable bonds is 7. The Morgan fingerprint density at radius 2 is 2.14 bits per heavy atom. The van der Waals surface area contributed by atoms with Crippen molar-refractivity contribution in [2.75, 3.05) is 21.3 Å². The maximum atomic E-state index is 5.42. The Morgan fingerprint density at radius 1 is 1.32 bits per heavy atom. The number of nitrogens with zero attached hydrogens (tertiary/aromatic N) is 1. The molecule has 1 fully saturated rings. The molecule has 122 valence electrons. The summed E-state index contributed by atoms with van der Waals surface area (Å²) in [4.78, 5) is 4.30. The molecule has 1 aliphatic carbocycles. The van der Waals surface area contributed by atoms with Crippen molar-refractivity contribution in [3.63, 3.8) is 0 Å². The largest absolute Gasteiger partial charge is 0.497 e. The molecule has 0 bridgehead atoms. The van der Waals surface area contributed by atoms with Crippen LogP contribution in [0.4, 0.5) is 0 Å². The highest BCUT2D eigenvalue weighted by atomic mass is 16.5. The maximum Gasteiger partial charge on any atom is 0.191 e. The average molecular weight is 305 g/mol. The highest BCUT2D eigenvalue weighted by Crippen LogP contribution is 2.34. The van der Waals surface area contributed by atoms with E-state index in [0.717, 1.165) is 28.9 Å². The van der Waals surface area contributed by atoms with Crippen molar-refractivity contribution < 1.29 is 9.47 Å². The Hall–Kier alpha value is -1.91. The second-order valence-corrected chi connectivity index (χ2v) is 5.64. The van der Waals surface area contributed by atoms with E-state index in [0.29, 0.717) is 12.6 Å². The molecule has 0 heterocycles. The fraction of sp³-hybridized carbons (Fsp3) is 0.588. The molecule has 2 rings (SSSR count). The summed E-state index contributed by atoms with van der Waals surface area (Å²) in [5, 5.41) is 6.83. The topological polar surface area (TPSA) is 54.9 Å². The minimum absolute atomic E-state index is 0.573. The van der Waals surface area contributed by atoms with Crippen molar-refractivity contribution in [3.05, 3.63) is 23.8 Å². The predicted octanol–water partition coefficient (Wildman–Crippen LogP) is 2.56. The number of methoxy groups -OCH3 is 2. The van der Waals surface area contributed by atoms with Gasteiger partial charge < -0.3 is 20.1 Å². The van der Waals surface area contributed by atoms with Crippen LogP contribution >= 0.6 is 0 Å². The Morgan fingerprint density at radius 3 is 2.77 bits per heavy atom. The molecule has 0 amide bonds. The summed E-state index contributed by atoms with van der Waals surface area (Å²) in [7, 11) is 5.13. The highest BCUT2D eigenvalue weighted by molar-refractivity contribution is 5.80. The molecule has 5 nitrogen and oxygen atoms in total. The van der Waals surface area contributed by atoms with Crippen LogP contribution in [-0.4, -0.2) is 33.3 Å². The van der Waals surface area contributed by atoms with Crippen molar-refractivity contribution >= 4 is 5.96 Å². The number of hydrogen-bond donors (Lipinski definition) is 2. The molecule has 2 N–H and O–H groups in total. The molecule has 2 atom stereocenters. The Labute approximate surface area is 133 Å². The van der Waals surface area contributed by atoms with Crippen LogP contribution in [0.2, 0.25) is 0 Å². The first-order chi connectivity index (χ1) is 10.7. The van der Waals surface area contributed by atoms with E-state index in [4.69, 9.17) is 9.47 Å². The van der Waals surface area contributed by atoms with Crippen molar-refractivity contribution in [3.8, 4) is 11.5 Å². The smallest absolute Gasteiger partial charge is 0.191 e. The Kier molecular flexibility index (Phi) is 5.92. The zero-order valence-corrected chi connectivity index (χ0v) is 14.0. The molecular weight excluding hydrogens is 278 g/mol. The third kappa shape index (κ3) is 4.29. The van der Waals surface area contributed by atoms with E-state index < -0.39 is 0 Å². The van der Waals surface area contributed by atoms with Gasteiger partial charge in [-0.05, 0) is 30.9 Å². The zero-order valence-electron chi connectivity index (χ0n) is 14.0.